The van der Waals surface area contributed by atoms with Gasteiger partial charge in [0.2, 0.25) is 5.75 Å². The van der Waals surface area contributed by atoms with Crippen molar-refractivity contribution in [3.8, 4) is 17.2 Å². The molecule has 12 nitrogen and oxygen atoms in total. The van der Waals surface area contributed by atoms with Crippen LogP contribution in [0.15, 0.2) is 41.5 Å². The second-order valence-corrected chi connectivity index (χ2v) is 7.43. The van der Waals surface area contributed by atoms with Gasteiger partial charge in [0.15, 0.2) is 16.5 Å². The molecule has 0 radical (unpaired) electrons. The molecule has 36 heavy (non-hydrogen) atoms. The highest BCUT2D eigenvalue weighted by atomic mass is 16.7. The quantitative estimate of drug-likeness (QED) is 0.0708. The molecule has 0 aliphatic carbocycles. The molecule has 0 aliphatic heterocycles. The predicted molar refractivity (Wildman–Crippen MR) is 137 cm³/mol. The summed E-state index contributed by atoms with van der Waals surface area (Å²) >= 11 is 0. The van der Waals surface area contributed by atoms with E-state index in [9.17, 15) is 14.9 Å². The number of hydrogen-bond acceptors (Lipinski definition) is 8. The van der Waals surface area contributed by atoms with Crippen LogP contribution < -0.4 is 30.6 Å². The molecule has 2 aromatic carbocycles. The fourth-order valence-corrected chi connectivity index (χ4v) is 3.36. The molecule has 0 amide bonds. The minimum Gasteiger partial charge on any atom is -0.493 e. The summed E-state index contributed by atoms with van der Waals surface area (Å²) < 4.78 is 21.1. The molecule has 1 atom stereocenters. The van der Waals surface area contributed by atoms with E-state index in [1.807, 2.05) is 48.6 Å². The van der Waals surface area contributed by atoms with E-state index in [0.717, 1.165) is 16.8 Å². The molecular weight excluding hydrogens is 470 g/mol. The summed E-state index contributed by atoms with van der Waals surface area (Å²) in [5, 5.41) is 18.2. The van der Waals surface area contributed by atoms with Crippen LogP contribution in [0.4, 0.5) is 5.69 Å². The zero-order chi connectivity index (χ0) is 26.5. The second kappa shape index (κ2) is 14.0. The van der Waals surface area contributed by atoms with Gasteiger partial charge >= 0.3 is 5.97 Å². The van der Waals surface area contributed by atoms with Crippen molar-refractivity contribution in [3.05, 3.63) is 57.6 Å². The van der Waals surface area contributed by atoms with Crippen molar-refractivity contribution >= 4 is 29.8 Å². The first-order valence-corrected chi connectivity index (χ1v) is 11.0. The maximum Gasteiger partial charge on any atom is 0.328 e. The Labute approximate surface area is 209 Å². The molecule has 194 valence electrons. The van der Waals surface area contributed by atoms with Gasteiger partial charge in [-0.25, -0.2) is 14.9 Å². The van der Waals surface area contributed by atoms with E-state index in [1.54, 1.807) is 21.3 Å². The number of methoxy groups -OCH3 is 4. The first-order chi connectivity index (χ1) is 17.3. The van der Waals surface area contributed by atoms with Crippen LogP contribution in [-0.4, -0.2) is 58.0 Å². The fourth-order valence-electron chi connectivity index (χ4n) is 3.36. The summed E-state index contributed by atoms with van der Waals surface area (Å²) in [6, 6.07) is 10.6. The van der Waals surface area contributed by atoms with Gasteiger partial charge in [-0.2, -0.15) is 0 Å². The minimum atomic E-state index is -0.885. The molecular formula is C24H31N5O7. The average molecular weight is 502 g/mol. The lowest BCUT2D eigenvalue weighted by atomic mass is 10.1. The van der Waals surface area contributed by atoms with Gasteiger partial charge < -0.3 is 35.3 Å². The van der Waals surface area contributed by atoms with Crippen molar-refractivity contribution < 1.29 is 28.8 Å². The number of nitrogens with one attached hydrogen (secondary N) is 2. The van der Waals surface area contributed by atoms with Crippen LogP contribution >= 0.6 is 0 Å². The van der Waals surface area contributed by atoms with Crippen LogP contribution in [0.3, 0.4) is 0 Å². The summed E-state index contributed by atoms with van der Waals surface area (Å²) in [5.74, 6) is 0.886. The van der Waals surface area contributed by atoms with Crippen molar-refractivity contribution in [2.24, 2.45) is 10.8 Å². The Bertz CT molecular complexity index is 1080. The summed E-state index contributed by atoms with van der Waals surface area (Å²) in [7, 11) is 5.98. The number of nitro groups is 1. The highest BCUT2D eigenvalue weighted by Gasteiger charge is 2.19. The molecule has 0 saturated heterocycles. The molecule has 0 bridgehead atoms. The van der Waals surface area contributed by atoms with Gasteiger partial charge in [-0.15, -0.1) is 0 Å². The molecule has 2 rings (SSSR count). The van der Waals surface area contributed by atoms with E-state index in [2.05, 4.69) is 15.7 Å². The number of carbonyl (C=O) groups is 1. The molecule has 0 aromatic heterocycles. The number of hydrogen-bond donors (Lipinski definition) is 3. The van der Waals surface area contributed by atoms with Crippen molar-refractivity contribution in [1.82, 2.24) is 5.32 Å². The van der Waals surface area contributed by atoms with E-state index in [-0.39, 0.29) is 5.96 Å². The topological polar surface area (TPSA) is 160 Å². The number of ether oxygens (including phenoxy) is 4. The Morgan fingerprint density at radius 3 is 2.33 bits per heavy atom. The molecule has 12 heteroatoms. The Morgan fingerprint density at radius 2 is 1.75 bits per heavy atom. The van der Waals surface area contributed by atoms with Crippen LogP contribution in [0.1, 0.15) is 24.0 Å². The highest BCUT2D eigenvalue weighted by molar-refractivity contribution is 5.80. The minimum absolute atomic E-state index is 0.297. The first kappa shape index (κ1) is 27.8. The Morgan fingerprint density at radius 1 is 1.08 bits per heavy atom. The van der Waals surface area contributed by atoms with E-state index in [1.165, 1.54) is 7.11 Å². The normalized spacial score (nSPS) is 12.1. The monoisotopic (exact) mass is 501 g/mol. The second-order valence-electron chi connectivity index (χ2n) is 7.43. The molecule has 0 saturated carbocycles. The van der Waals surface area contributed by atoms with Gasteiger partial charge in [-0.05, 0) is 48.2 Å². The van der Waals surface area contributed by atoms with E-state index < -0.39 is 17.0 Å². The third kappa shape index (κ3) is 8.38. The summed E-state index contributed by atoms with van der Waals surface area (Å²) in [6.07, 6.45) is 4.71. The van der Waals surface area contributed by atoms with Gasteiger partial charge in [-0.3, -0.25) is 0 Å². The van der Waals surface area contributed by atoms with Crippen molar-refractivity contribution in [2.75, 3.05) is 40.3 Å². The zero-order valence-corrected chi connectivity index (χ0v) is 20.6. The Balaban J connectivity index is 2.10. The molecule has 2 aromatic rings. The summed E-state index contributed by atoms with van der Waals surface area (Å²) in [5.41, 5.74) is 7.86. The molecule has 4 N–H and O–H groups in total. The predicted octanol–water partition coefficient (Wildman–Crippen LogP) is 2.71. The zero-order valence-electron chi connectivity index (χ0n) is 20.6. The number of guanidine groups is 1. The maximum absolute atomic E-state index is 12.3. The fraction of sp³-hybridized carbons (Fsp3) is 0.333. The number of benzene rings is 2. The van der Waals surface area contributed by atoms with Gasteiger partial charge in [0, 0.05) is 12.2 Å². The van der Waals surface area contributed by atoms with Crippen LogP contribution in [0.2, 0.25) is 0 Å². The summed E-state index contributed by atoms with van der Waals surface area (Å²) in [4.78, 5) is 22.6. The summed E-state index contributed by atoms with van der Waals surface area (Å²) in [6.45, 7) is 0.301. The lowest BCUT2D eigenvalue weighted by molar-refractivity contribution is -0.485. The largest absolute Gasteiger partial charge is 0.493 e. The van der Waals surface area contributed by atoms with Crippen LogP contribution in [0.5, 0.6) is 17.2 Å². The number of nitrogens with two attached hydrogens (primary N) is 1. The molecule has 0 fully saturated rings. The van der Waals surface area contributed by atoms with Gasteiger partial charge in [0.1, 0.15) is 11.1 Å². The van der Waals surface area contributed by atoms with Crippen LogP contribution in [0.25, 0.3) is 12.2 Å². The molecule has 0 heterocycles. The van der Waals surface area contributed by atoms with Gasteiger partial charge in [0.05, 0.1) is 28.4 Å². The Kier molecular flexibility index (Phi) is 10.8. The Hall–Kier alpha value is -4.48. The maximum atomic E-state index is 12.3. The number of anilines is 1. The van der Waals surface area contributed by atoms with E-state index in [4.69, 9.17) is 24.7 Å². The van der Waals surface area contributed by atoms with E-state index >= 15 is 0 Å². The van der Waals surface area contributed by atoms with E-state index in [0.29, 0.717) is 36.6 Å². The lowest BCUT2D eigenvalue weighted by Crippen LogP contribution is -2.35. The first-order valence-electron chi connectivity index (χ1n) is 11.0. The smallest absolute Gasteiger partial charge is 0.328 e. The number of esters is 1. The van der Waals surface area contributed by atoms with Crippen LogP contribution in [0, 0.1) is 10.1 Å². The van der Waals surface area contributed by atoms with Crippen molar-refractivity contribution in [2.45, 2.75) is 18.9 Å². The number of nitrogens with zero attached hydrogens (tertiary/aromatic N) is 2. The molecule has 1 unspecified atom stereocenters. The van der Waals surface area contributed by atoms with Crippen molar-refractivity contribution in [3.63, 3.8) is 0 Å². The van der Waals surface area contributed by atoms with Crippen LogP contribution in [-0.2, 0) is 9.53 Å². The standard InChI is InChI=1S/C24H31N5O7/c1-33-20-14-17(15-21(34-2)22(20)35-3)11-10-16-7-5-8-18(13-16)27-19(23(30)36-4)9-6-12-26-24(25)28-29(31)32/h5,7-8,10-11,13-15,19,27H,6,9,12H2,1-4H3,(H3,25,26,28). The highest BCUT2D eigenvalue weighted by Crippen LogP contribution is 2.38. The number of hydrazone groups is 1. The molecule has 0 spiro atoms. The number of rotatable bonds is 13. The van der Waals surface area contributed by atoms with Gasteiger partial charge in [0.25, 0.3) is 5.96 Å². The third-order valence-electron chi connectivity index (χ3n) is 5.03. The lowest BCUT2D eigenvalue weighted by Gasteiger charge is -2.18. The average Bonchev–Trinajstić information content (AvgIpc) is 2.87. The van der Waals surface area contributed by atoms with Crippen molar-refractivity contribution in [1.29, 1.82) is 0 Å². The number of carbonyl (C=O) groups excluding carboxylic acids is 1. The van der Waals surface area contributed by atoms with Gasteiger partial charge in [-0.1, -0.05) is 24.3 Å². The SMILES string of the molecule is COC(=O)C(CCCNC(N)=N[N+](=O)[O-])Nc1cccc(C=Cc2cc(OC)c(OC)c(OC)c2)c1. The molecule has 0 aliphatic rings. The third-order valence-corrected chi connectivity index (χ3v) is 5.03.